The summed E-state index contributed by atoms with van der Waals surface area (Å²) in [5.41, 5.74) is 2.64. The molecular weight excluding hydrogens is 436 g/mol. The number of ether oxygens (including phenoxy) is 1. The van der Waals surface area contributed by atoms with E-state index in [1.165, 1.54) is 0 Å². The van der Waals surface area contributed by atoms with Crippen molar-refractivity contribution in [1.29, 1.82) is 0 Å². The summed E-state index contributed by atoms with van der Waals surface area (Å²) in [7, 11) is -3.50. The van der Waals surface area contributed by atoms with E-state index in [-0.39, 0.29) is 5.75 Å². The normalized spacial score (nSPS) is 19.6. The Morgan fingerprint density at radius 3 is 2.74 bits per heavy atom. The van der Waals surface area contributed by atoms with Gasteiger partial charge in [0, 0.05) is 11.6 Å². The molecule has 1 aromatic heterocycles. The minimum Gasteiger partial charge on any atom is -0.454 e. The van der Waals surface area contributed by atoms with Gasteiger partial charge in [0.2, 0.25) is 0 Å². The second-order valence-corrected chi connectivity index (χ2v) is 10.7. The fourth-order valence-corrected chi connectivity index (χ4v) is 5.99. The van der Waals surface area contributed by atoms with E-state index in [9.17, 15) is 13.2 Å². The van der Waals surface area contributed by atoms with Crippen LogP contribution in [0.2, 0.25) is 5.02 Å². The topological polar surface area (TPSA) is 78.3 Å². The molecule has 0 aliphatic carbocycles. The highest BCUT2D eigenvalue weighted by molar-refractivity contribution is 7.92. The maximum Gasteiger partial charge on any atom is 0.325 e. The third-order valence-corrected chi connectivity index (χ3v) is 8.06. The van der Waals surface area contributed by atoms with Gasteiger partial charge in [0.25, 0.3) is 0 Å². The Hall–Kier alpha value is -2.38. The van der Waals surface area contributed by atoms with Crippen LogP contribution in [0.3, 0.4) is 0 Å². The zero-order chi connectivity index (χ0) is 22.0. The lowest BCUT2D eigenvalue weighted by molar-refractivity contribution is -0.148. The predicted octanol–water partition coefficient (Wildman–Crippen LogP) is 4.70. The molecule has 2 unspecified atom stereocenters. The molecule has 8 heteroatoms. The molecule has 164 valence electrons. The van der Waals surface area contributed by atoms with Crippen molar-refractivity contribution in [1.82, 2.24) is 9.55 Å². The second kappa shape index (κ2) is 9.01. The zero-order valence-electron chi connectivity index (χ0n) is 17.3. The highest BCUT2D eigenvalue weighted by Gasteiger charge is 2.36. The van der Waals surface area contributed by atoms with Crippen molar-refractivity contribution < 1.29 is 17.9 Å². The number of hydrogen-bond donors (Lipinski definition) is 0. The molecular formula is C23H25ClN2O4S. The molecule has 1 fully saturated rings. The molecule has 6 nitrogen and oxygen atoms in total. The van der Waals surface area contributed by atoms with Crippen LogP contribution in [0.15, 0.2) is 48.5 Å². The number of carbonyl (C=O) groups is 1. The van der Waals surface area contributed by atoms with E-state index in [1.54, 1.807) is 19.1 Å². The van der Waals surface area contributed by atoms with Gasteiger partial charge in [-0.2, -0.15) is 0 Å². The summed E-state index contributed by atoms with van der Waals surface area (Å²) in [6.45, 7) is 2.27. The number of halogens is 1. The second-order valence-electron chi connectivity index (χ2n) is 7.96. The number of fused-ring (bicyclic) bond motifs is 1. The van der Waals surface area contributed by atoms with E-state index in [4.69, 9.17) is 16.3 Å². The summed E-state index contributed by atoms with van der Waals surface area (Å²) in [6, 6.07) is 15.4. The maximum absolute atomic E-state index is 12.8. The van der Waals surface area contributed by atoms with Gasteiger partial charge < -0.3 is 9.30 Å². The van der Waals surface area contributed by atoms with Crippen molar-refractivity contribution in [2.24, 2.45) is 0 Å². The van der Waals surface area contributed by atoms with Gasteiger partial charge in [-0.05, 0) is 43.5 Å². The number of esters is 1. The van der Waals surface area contributed by atoms with Gasteiger partial charge in [0.1, 0.15) is 0 Å². The molecule has 0 amide bonds. The molecule has 0 saturated carbocycles. The summed E-state index contributed by atoms with van der Waals surface area (Å²) in [6.07, 6.45) is 1.71. The molecule has 1 aliphatic rings. The lowest BCUT2D eigenvalue weighted by Gasteiger charge is -2.19. The fraction of sp³-hybridized carbons (Fsp3) is 0.391. The molecule has 2 heterocycles. The van der Waals surface area contributed by atoms with Crippen molar-refractivity contribution in [2.75, 3.05) is 5.75 Å². The van der Waals surface area contributed by atoms with E-state index in [2.05, 4.69) is 4.98 Å². The number of carbonyl (C=O) groups excluding carboxylic acids is 1. The first-order chi connectivity index (χ1) is 14.8. The average Bonchev–Trinajstić information content (AvgIpc) is 2.97. The van der Waals surface area contributed by atoms with Crippen molar-refractivity contribution >= 4 is 38.4 Å². The SMILES string of the molecule is CC(OC(=O)C1CCCCCS1(=O)=O)c1nc2cc(Cl)ccc2n1Cc1ccccc1. The summed E-state index contributed by atoms with van der Waals surface area (Å²) < 4.78 is 32.7. The van der Waals surface area contributed by atoms with Crippen LogP contribution in [0.5, 0.6) is 0 Å². The number of hydrogen-bond acceptors (Lipinski definition) is 5. The Balaban J connectivity index is 1.66. The van der Waals surface area contributed by atoms with Crippen LogP contribution in [0.1, 0.15) is 50.1 Å². The summed E-state index contributed by atoms with van der Waals surface area (Å²) in [5.74, 6) is -0.0992. The molecule has 1 aliphatic heterocycles. The minimum atomic E-state index is -3.50. The smallest absolute Gasteiger partial charge is 0.325 e. The van der Waals surface area contributed by atoms with Crippen molar-refractivity contribution in [3.8, 4) is 0 Å². The average molecular weight is 461 g/mol. The van der Waals surface area contributed by atoms with Crippen LogP contribution in [-0.4, -0.2) is 34.9 Å². The Morgan fingerprint density at radius 2 is 1.97 bits per heavy atom. The largest absolute Gasteiger partial charge is 0.454 e. The van der Waals surface area contributed by atoms with Crippen LogP contribution in [0.4, 0.5) is 0 Å². The van der Waals surface area contributed by atoms with E-state index in [1.807, 2.05) is 41.0 Å². The molecule has 1 saturated heterocycles. The molecule has 2 atom stereocenters. The molecule has 0 spiro atoms. The Kier molecular flexibility index (Phi) is 6.34. The van der Waals surface area contributed by atoms with Gasteiger partial charge in [-0.15, -0.1) is 0 Å². The van der Waals surface area contributed by atoms with E-state index < -0.39 is 27.2 Å². The number of nitrogens with zero attached hydrogens (tertiary/aromatic N) is 2. The summed E-state index contributed by atoms with van der Waals surface area (Å²) >= 11 is 6.15. The van der Waals surface area contributed by atoms with Crippen LogP contribution >= 0.6 is 11.6 Å². The molecule has 31 heavy (non-hydrogen) atoms. The number of rotatable bonds is 5. The van der Waals surface area contributed by atoms with Crippen LogP contribution in [0.25, 0.3) is 11.0 Å². The van der Waals surface area contributed by atoms with Crippen LogP contribution < -0.4 is 0 Å². The minimum absolute atomic E-state index is 0.0339. The van der Waals surface area contributed by atoms with Gasteiger partial charge in [0.05, 0.1) is 16.8 Å². The van der Waals surface area contributed by atoms with E-state index in [0.717, 1.165) is 17.5 Å². The zero-order valence-corrected chi connectivity index (χ0v) is 18.9. The molecule has 0 radical (unpaired) electrons. The van der Waals surface area contributed by atoms with Crippen LogP contribution in [0, 0.1) is 0 Å². The third kappa shape index (κ3) is 4.77. The van der Waals surface area contributed by atoms with Gasteiger partial charge in [-0.25, -0.2) is 13.4 Å². The third-order valence-electron chi connectivity index (χ3n) is 5.67. The number of benzene rings is 2. The highest BCUT2D eigenvalue weighted by atomic mass is 35.5. The summed E-state index contributed by atoms with van der Waals surface area (Å²) in [4.78, 5) is 17.5. The molecule has 0 bridgehead atoms. The molecule has 3 aromatic rings. The van der Waals surface area contributed by atoms with Crippen LogP contribution in [-0.2, 0) is 25.9 Å². The standard InChI is InChI=1S/C23H25ClN2O4S/c1-16(30-23(27)21-10-6-3-7-13-31(21,28)29)22-25-19-14-18(24)11-12-20(19)26(22)15-17-8-4-2-5-9-17/h2,4-5,8-9,11-12,14,16,21H,3,6-7,10,13,15H2,1H3. The molecule has 2 aromatic carbocycles. The van der Waals surface area contributed by atoms with Gasteiger partial charge in [-0.1, -0.05) is 54.8 Å². The van der Waals surface area contributed by atoms with Gasteiger partial charge >= 0.3 is 5.97 Å². The fourth-order valence-electron chi connectivity index (χ4n) is 4.06. The number of imidazole rings is 1. The molecule has 4 rings (SSSR count). The maximum atomic E-state index is 12.8. The van der Waals surface area contributed by atoms with Crippen molar-refractivity contribution in [3.05, 3.63) is 64.9 Å². The Bertz CT molecular complexity index is 1190. The van der Waals surface area contributed by atoms with Crippen molar-refractivity contribution in [2.45, 2.75) is 50.5 Å². The lowest BCUT2D eigenvalue weighted by Crippen LogP contribution is -2.33. The first-order valence-corrected chi connectivity index (χ1v) is 12.6. The predicted molar refractivity (Wildman–Crippen MR) is 121 cm³/mol. The van der Waals surface area contributed by atoms with E-state index in [0.29, 0.717) is 42.2 Å². The Morgan fingerprint density at radius 1 is 1.19 bits per heavy atom. The van der Waals surface area contributed by atoms with Crippen molar-refractivity contribution in [3.63, 3.8) is 0 Å². The lowest BCUT2D eigenvalue weighted by atomic mass is 10.1. The van der Waals surface area contributed by atoms with E-state index >= 15 is 0 Å². The highest BCUT2D eigenvalue weighted by Crippen LogP contribution is 2.28. The first-order valence-electron chi connectivity index (χ1n) is 10.5. The summed E-state index contributed by atoms with van der Waals surface area (Å²) in [5, 5.41) is -0.531. The number of aromatic nitrogens is 2. The monoisotopic (exact) mass is 460 g/mol. The first kappa shape index (κ1) is 21.8. The van der Waals surface area contributed by atoms with Gasteiger partial charge in [0.15, 0.2) is 27.0 Å². The van der Waals surface area contributed by atoms with Gasteiger partial charge in [-0.3, -0.25) is 4.79 Å². The molecule has 0 N–H and O–H groups in total. The quantitative estimate of drug-likeness (QED) is 0.515. The Labute approximate surface area is 187 Å². The number of sulfone groups is 1.